The standard InChI is InChI=1S/C9H16BrNO2/c1-6(2)7(10)8(13)11-9(5-12)3-4-9/h6-7,12H,3-5H2,1-2H3,(H,11,13). The lowest BCUT2D eigenvalue weighted by molar-refractivity contribution is -0.122. The highest BCUT2D eigenvalue weighted by Crippen LogP contribution is 2.35. The molecule has 1 rings (SSSR count). The van der Waals surface area contributed by atoms with Crippen molar-refractivity contribution in [3.05, 3.63) is 0 Å². The van der Waals surface area contributed by atoms with Crippen molar-refractivity contribution in [1.29, 1.82) is 0 Å². The summed E-state index contributed by atoms with van der Waals surface area (Å²) in [6.45, 7) is 4.02. The van der Waals surface area contributed by atoms with Gasteiger partial charge in [0.05, 0.1) is 17.0 Å². The number of aliphatic hydroxyl groups excluding tert-OH is 1. The average molecular weight is 250 g/mol. The smallest absolute Gasteiger partial charge is 0.234 e. The highest BCUT2D eigenvalue weighted by atomic mass is 79.9. The summed E-state index contributed by atoms with van der Waals surface area (Å²) < 4.78 is 0. The molecule has 3 nitrogen and oxygen atoms in total. The third kappa shape index (κ3) is 2.68. The van der Waals surface area contributed by atoms with Crippen molar-refractivity contribution < 1.29 is 9.90 Å². The van der Waals surface area contributed by atoms with Crippen LogP contribution in [-0.4, -0.2) is 28.0 Å². The van der Waals surface area contributed by atoms with Crippen LogP contribution in [0.1, 0.15) is 26.7 Å². The van der Waals surface area contributed by atoms with Crippen LogP contribution in [0.4, 0.5) is 0 Å². The second kappa shape index (κ2) is 3.96. The SMILES string of the molecule is CC(C)C(Br)C(=O)NC1(CO)CC1. The number of amides is 1. The van der Waals surface area contributed by atoms with Crippen LogP contribution in [0, 0.1) is 5.92 Å². The Morgan fingerprint density at radius 2 is 2.15 bits per heavy atom. The monoisotopic (exact) mass is 249 g/mol. The fourth-order valence-electron chi connectivity index (χ4n) is 1.11. The van der Waals surface area contributed by atoms with Crippen molar-refractivity contribution in [2.45, 2.75) is 37.1 Å². The summed E-state index contributed by atoms with van der Waals surface area (Å²) in [6, 6.07) is 0. The summed E-state index contributed by atoms with van der Waals surface area (Å²) in [6.07, 6.45) is 1.79. The van der Waals surface area contributed by atoms with Crippen LogP contribution >= 0.6 is 15.9 Å². The maximum absolute atomic E-state index is 11.5. The van der Waals surface area contributed by atoms with Crippen LogP contribution in [0.2, 0.25) is 0 Å². The fraction of sp³-hybridized carbons (Fsp3) is 0.889. The van der Waals surface area contributed by atoms with E-state index in [1.165, 1.54) is 0 Å². The van der Waals surface area contributed by atoms with Gasteiger partial charge in [-0.05, 0) is 18.8 Å². The number of hydrogen-bond acceptors (Lipinski definition) is 2. The number of hydrogen-bond donors (Lipinski definition) is 2. The van der Waals surface area contributed by atoms with Crippen LogP contribution < -0.4 is 5.32 Å². The van der Waals surface area contributed by atoms with Gasteiger partial charge in [0, 0.05) is 0 Å². The number of halogens is 1. The third-order valence-corrected chi connectivity index (χ3v) is 3.85. The van der Waals surface area contributed by atoms with E-state index in [1.54, 1.807) is 0 Å². The summed E-state index contributed by atoms with van der Waals surface area (Å²) in [5, 5.41) is 11.9. The van der Waals surface area contributed by atoms with Gasteiger partial charge >= 0.3 is 0 Å². The molecule has 0 spiro atoms. The molecule has 1 saturated carbocycles. The zero-order valence-corrected chi connectivity index (χ0v) is 9.60. The Hall–Kier alpha value is -0.0900. The molecule has 1 fully saturated rings. The number of nitrogens with one attached hydrogen (secondary N) is 1. The molecule has 1 aliphatic carbocycles. The van der Waals surface area contributed by atoms with Gasteiger partial charge in [-0.15, -0.1) is 0 Å². The van der Waals surface area contributed by atoms with Crippen LogP contribution in [0.25, 0.3) is 0 Å². The van der Waals surface area contributed by atoms with Gasteiger partial charge in [-0.2, -0.15) is 0 Å². The van der Waals surface area contributed by atoms with Gasteiger partial charge in [0.15, 0.2) is 0 Å². The molecule has 2 N–H and O–H groups in total. The number of carbonyl (C=O) groups is 1. The van der Waals surface area contributed by atoms with Gasteiger partial charge in [-0.3, -0.25) is 4.79 Å². The molecule has 0 aliphatic heterocycles. The van der Waals surface area contributed by atoms with Crippen LogP contribution in [0.15, 0.2) is 0 Å². The van der Waals surface area contributed by atoms with E-state index in [2.05, 4.69) is 21.2 Å². The van der Waals surface area contributed by atoms with Gasteiger partial charge in [-0.25, -0.2) is 0 Å². The molecule has 1 amide bonds. The van der Waals surface area contributed by atoms with Gasteiger partial charge in [0.2, 0.25) is 5.91 Å². The first-order valence-electron chi connectivity index (χ1n) is 4.58. The van der Waals surface area contributed by atoms with Crippen LogP contribution in [-0.2, 0) is 4.79 Å². The minimum Gasteiger partial charge on any atom is -0.394 e. The Morgan fingerprint density at radius 3 is 2.46 bits per heavy atom. The normalized spacial score (nSPS) is 21.3. The molecule has 0 aromatic carbocycles. The maximum atomic E-state index is 11.5. The third-order valence-electron chi connectivity index (χ3n) is 2.38. The van der Waals surface area contributed by atoms with Gasteiger partial charge in [0.25, 0.3) is 0 Å². The average Bonchev–Trinajstić information content (AvgIpc) is 2.84. The summed E-state index contributed by atoms with van der Waals surface area (Å²) in [7, 11) is 0. The summed E-state index contributed by atoms with van der Waals surface area (Å²) in [5.74, 6) is 0.260. The molecule has 13 heavy (non-hydrogen) atoms. The second-order valence-corrected chi connectivity index (χ2v) is 5.06. The Balaban J connectivity index is 2.41. The summed E-state index contributed by atoms with van der Waals surface area (Å²) in [4.78, 5) is 11.4. The Kier molecular flexibility index (Phi) is 3.35. The number of carbonyl (C=O) groups excluding carboxylic acids is 1. The lowest BCUT2D eigenvalue weighted by Crippen LogP contribution is -2.44. The van der Waals surface area contributed by atoms with Crippen LogP contribution in [0.3, 0.4) is 0 Å². The van der Waals surface area contributed by atoms with Crippen molar-refractivity contribution in [2.24, 2.45) is 5.92 Å². The zero-order valence-electron chi connectivity index (χ0n) is 8.01. The van der Waals surface area contributed by atoms with E-state index in [0.717, 1.165) is 12.8 Å². The first kappa shape index (κ1) is 11.0. The molecule has 0 saturated heterocycles. The summed E-state index contributed by atoms with van der Waals surface area (Å²) in [5.41, 5.74) is -0.294. The molecule has 0 aromatic rings. The summed E-state index contributed by atoms with van der Waals surface area (Å²) >= 11 is 3.32. The molecule has 76 valence electrons. The molecule has 0 radical (unpaired) electrons. The Labute approximate surface area is 87.0 Å². The topological polar surface area (TPSA) is 49.3 Å². The largest absolute Gasteiger partial charge is 0.394 e. The van der Waals surface area contributed by atoms with Crippen molar-refractivity contribution >= 4 is 21.8 Å². The lowest BCUT2D eigenvalue weighted by Gasteiger charge is -2.19. The van der Waals surface area contributed by atoms with Gasteiger partial charge in [0.1, 0.15) is 0 Å². The Bertz CT molecular complexity index is 202. The molecular formula is C9H16BrNO2. The van der Waals surface area contributed by atoms with E-state index < -0.39 is 0 Å². The predicted molar refractivity (Wildman–Crippen MR) is 54.7 cm³/mol. The predicted octanol–water partition coefficient (Wildman–Crippen LogP) is 1.05. The van der Waals surface area contributed by atoms with Gasteiger partial charge < -0.3 is 10.4 Å². The quantitative estimate of drug-likeness (QED) is 0.732. The van der Waals surface area contributed by atoms with Gasteiger partial charge in [-0.1, -0.05) is 29.8 Å². The van der Waals surface area contributed by atoms with Crippen molar-refractivity contribution in [2.75, 3.05) is 6.61 Å². The zero-order chi connectivity index (χ0) is 10.1. The molecule has 0 aromatic heterocycles. The van der Waals surface area contributed by atoms with E-state index in [4.69, 9.17) is 5.11 Å². The Morgan fingerprint density at radius 1 is 1.62 bits per heavy atom. The molecule has 0 heterocycles. The number of alkyl halides is 1. The maximum Gasteiger partial charge on any atom is 0.234 e. The lowest BCUT2D eigenvalue weighted by atomic mass is 10.1. The van der Waals surface area contributed by atoms with E-state index in [-0.39, 0.29) is 28.8 Å². The fourth-order valence-corrected chi connectivity index (χ4v) is 1.22. The van der Waals surface area contributed by atoms with Crippen molar-refractivity contribution in [3.8, 4) is 0 Å². The molecule has 4 heteroatoms. The number of rotatable bonds is 4. The minimum absolute atomic E-state index is 0.0125. The van der Waals surface area contributed by atoms with E-state index >= 15 is 0 Å². The highest BCUT2D eigenvalue weighted by molar-refractivity contribution is 9.10. The number of aliphatic hydroxyl groups is 1. The van der Waals surface area contributed by atoms with Crippen LogP contribution in [0.5, 0.6) is 0 Å². The molecule has 0 bridgehead atoms. The molecule has 1 atom stereocenters. The van der Waals surface area contributed by atoms with Crippen molar-refractivity contribution in [3.63, 3.8) is 0 Å². The molecule has 1 unspecified atom stereocenters. The first-order chi connectivity index (χ1) is 6.01. The van der Waals surface area contributed by atoms with Crippen molar-refractivity contribution in [1.82, 2.24) is 5.32 Å². The van der Waals surface area contributed by atoms with E-state index in [9.17, 15) is 4.79 Å². The highest BCUT2D eigenvalue weighted by Gasteiger charge is 2.44. The molecular weight excluding hydrogens is 234 g/mol. The first-order valence-corrected chi connectivity index (χ1v) is 5.49. The second-order valence-electron chi connectivity index (χ2n) is 4.07. The molecule has 1 aliphatic rings. The van der Waals surface area contributed by atoms with E-state index in [1.807, 2.05) is 13.8 Å². The minimum atomic E-state index is -0.294. The van der Waals surface area contributed by atoms with E-state index in [0.29, 0.717) is 0 Å².